The third kappa shape index (κ3) is 3.01. The molecule has 0 spiro atoms. The van der Waals surface area contributed by atoms with E-state index in [0.29, 0.717) is 13.1 Å². The number of aromatic nitrogens is 2. The molecule has 1 amide bonds. The molecule has 0 radical (unpaired) electrons. The van der Waals surface area contributed by atoms with Crippen molar-refractivity contribution < 1.29 is 14.6 Å². The number of pyridine rings is 1. The van der Waals surface area contributed by atoms with E-state index in [0.717, 1.165) is 28.8 Å². The van der Waals surface area contributed by atoms with Crippen LogP contribution in [-0.2, 0) is 4.79 Å². The van der Waals surface area contributed by atoms with Gasteiger partial charge in [-0.15, -0.1) is 0 Å². The Morgan fingerprint density at radius 1 is 1.31 bits per heavy atom. The van der Waals surface area contributed by atoms with Crippen molar-refractivity contribution in [2.75, 3.05) is 13.1 Å². The quantitative estimate of drug-likeness (QED) is 0.736. The fourth-order valence-corrected chi connectivity index (χ4v) is 3.24. The Bertz CT molecular complexity index is 962. The van der Waals surface area contributed by atoms with Gasteiger partial charge in [0.1, 0.15) is 23.1 Å². The Kier molecular flexibility index (Phi) is 4.08. The van der Waals surface area contributed by atoms with E-state index in [-0.39, 0.29) is 17.8 Å². The summed E-state index contributed by atoms with van der Waals surface area (Å²) >= 11 is 0. The maximum atomic E-state index is 11.8. The average Bonchev–Trinajstić information content (AvgIpc) is 3.31. The fraction of sp³-hybridized carbons (Fsp3) is 0.200. The van der Waals surface area contributed by atoms with Gasteiger partial charge in [0.2, 0.25) is 5.91 Å². The standard InChI is InChI=1S/C20H19N3O3/c1-2-20(25)22-8-7-17(12-22)26-19-9-15(11-23-13-21-10-18(19)23)14-3-5-16(24)6-4-14/h2-6,9-11,13,17,24H,1,7-8,12H2. The zero-order valence-electron chi connectivity index (χ0n) is 14.2. The minimum atomic E-state index is -0.0663. The fourth-order valence-electron chi connectivity index (χ4n) is 3.24. The van der Waals surface area contributed by atoms with Gasteiger partial charge in [-0.25, -0.2) is 4.98 Å². The van der Waals surface area contributed by atoms with Gasteiger partial charge in [-0.2, -0.15) is 0 Å². The van der Waals surface area contributed by atoms with Crippen LogP contribution in [0.25, 0.3) is 16.6 Å². The molecule has 1 aliphatic heterocycles. The van der Waals surface area contributed by atoms with E-state index in [4.69, 9.17) is 4.74 Å². The number of hydrogen-bond acceptors (Lipinski definition) is 4. The number of rotatable bonds is 4. The van der Waals surface area contributed by atoms with E-state index in [9.17, 15) is 9.90 Å². The molecule has 0 bridgehead atoms. The molecule has 1 saturated heterocycles. The van der Waals surface area contributed by atoms with Crippen molar-refractivity contribution in [3.05, 3.63) is 61.7 Å². The number of likely N-dealkylation sites (tertiary alicyclic amines) is 1. The smallest absolute Gasteiger partial charge is 0.246 e. The molecule has 132 valence electrons. The molecule has 0 saturated carbocycles. The highest BCUT2D eigenvalue weighted by atomic mass is 16.5. The summed E-state index contributed by atoms with van der Waals surface area (Å²) < 4.78 is 8.14. The predicted octanol–water partition coefficient (Wildman–Crippen LogP) is 2.87. The zero-order chi connectivity index (χ0) is 18.1. The summed E-state index contributed by atoms with van der Waals surface area (Å²) in [5.74, 6) is 0.890. The highest BCUT2D eigenvalue weighted by molar-refractivity contribution is 5.87. The third-order valence-corrected chi connectivity index (χ3v) is 4.61. The van der Waals surface area contributed by atoms with Crippen LogP contribution in [0.15, 0.2) is 61.7 Å². The zero-order valence-corrected chi connectivity index (χ0v) is 14.2. The van der Waals surface area contributed by atoms with Gasteiger partial charge in [-0.1, -0.05) is 18.7 Å². The summed E-state index contributed by atoms with van der Waals surface area (Å²) in [5, 5.41) is 9.50. The lowest BCUT2D eigenvalue weighted by molar-refractivity contribution is -0.125. The van der Waals surface area contributed by atoms with Gasteiger partial charge in [0, 0.05) is 24.7 Å². The Balaban J connectivity index is 1.64. The number of ether oxygens (including phenoxy) is 1. The predicted molar refractivity (Wildman–Crippen MR) is 98.1 cm³/mol. The van der Waals surface area contributed by atoms with Crippen molar-refractivity contribution in [2.45, 2.75) is 12.5 Å². The normalized spacial score (nSPS) is 16.8. The van der Waals surface area contributed by atoms with Crippen LogP contribution >= 0.6 is 0 Å². The summed E-state index contributed by atoms with van der Waals surface area (Å²) in [6, 6.07) is 9.00. The first-order valence-electron chi connectivity index (χ1n) is 8.47. The second-order valence-electron chi connectivity index (χ2n) is 6.34. The number of carbonyl (C=O) groups is 1. The highest BCUT2D eigenvalue weighted by Crippen LogP contribution is 2.30. The molecule has 4 rings (SSSR count). The first kappa shape index (κ1) is 16.2. The molecule has 2 aromatic heterocycles. The van der Waals surface area contributed by atoms with Crippen molar-refractivity contribution in [2.24, 2.45) is 0 Å². The topological polar surface area (TPSA) is 67.1 Å². The molecular formula is C20H19N3O3. The SMILES string of the molecule is C=CC(=O)N1CCC(Oc2cc(-c3ccc(O)cc3)cn3cncc23)C1. The molecule has 6 heteroatoms. The molecule has 1 atom stereocenters. The number of amides is 1. The number of imidazole rings is 1. The van der Waals surface area contributed by atoms with Crippen LogP contribution in [-0.4, -0.2) is 44.5 Å². The number of fused-ring (bicyclic) bond motifs is 1. The Hall–Kier alpha value is -3.28. The molecule has 1 unspecified atom stereocenters. The monoisotopic (exact) mass is 349 g/mol. The van der Waals surface area contributed by atoms with E-state index in [1.807, 2.05) is 28.8 Å². The van der Waals surface area contributed by atoms with Crippen LogP contribution < -0.4 is 4.74 Å². The largest absolute Gasteiger partial charge is 0.508 e. The molecule has 1 aromatic carbocycles. The van der Waals surface area contributed by atoms with Crippen LogP contribution in [0.5, 0.6) is 11.5 Å². The molecule has 6 nitrogen and oxygen atoms in total. The van der Waals surface area contributed by atoms with Gasteiger partial charge in [0.05, 0.1) is 19.1 Å². The second-order valence-corrected chi connectivity index (χ2v) is 6.34. The lowest BCUT2D eigenvalue weighted by Gasteiger charge is -2.17. The van der Waals surface area contributed by atoms with Gasteiger partial charge in [-0.3, -0.25) is 4.79 Å². The second kappa shape index (κ2) is 6.55. The van der Waals surface area contributed by atoms with Gasteiger partial charge in [0.15, 0.2) is 0 Å². The summed E-state index contributed by atoms with van der Waals surface area (Å²) in [5.41, 5.74) is 2.81. The summed E-state index contributed by atoms with van der Waals surface area (Å²) in [4.78, 5) is 17.7. The first-order valence-corrected chi connectivity index (χ1v) is 8.47. The average molecular weight is 349 g/mol. The molecule has 1 fully saturated rings. The summed E-state index contributed by atoms with van der Waals surface area (Å²) in [6.07, 6.45) is 7.52. The Morgan fingerprint density at radius 2 is 2.12 bits per heavy atom. The van der Waals surface area contributed by atoms with Crippen molar-refractivity contribution in [3.63, 3.8) is 0 Å². The number of hydrogen-bond donors (Lipinski definition) is 1. The van der Waals surface area contributed by atoms with Crippen LogP contribution in [0, 0.1) is 0 Å². The van der Waals surface area contributed by atoms with Gasteiger partial charge < -0.3 is 19.1 Å². The summed E-state index contributed by atoms with van der Waals surface area (Å²) in [7, 11) is 0. The number of nitrogens with zero attached hydrogens (tertiary/aromatic N) is 3. The van der Waals surface area contributed by atoms with E-state index >= 15 is 0 Å². The summed E-state index contributed by atoms with van der Waals surface area (Å²) in [6.45, 7) is 4.76. The van der Waals surface area contributed by atoms with E-state index < -0.39 is 0 Å². The molecule has 26 heavy (non-hydrogen) atoms. The van der Waals surface area contributed by atoms with E-state index in [2.05, 4.69) is 11.6 Å². The number of benzene rings is 1. The number of carbonyl (C=O) groups excluding carboxylic acids is 1. The van der Waals surface area contributed by atoms with Crippen LogP contribution in [0.2, 0.25) is 0 Å². The van der Waals surface area contributed by atoms with Crippen molar-refractivity contribution in [3.8, 4) is 22.6 Å². The molecule has 1 N–H and O–H groups in total. The molecular weight excluding hydrogens is 330 g/mol. The molecule has 3 aromatic rings. The number of phenols is 1. The maximum absolute atomic E-state index is 11.8. The van der Waals surface area contributed by atoms with Crippen LogP contribution in [0.4, 0.5) is 0 Å². The van der Waals surface area contributed by atoms with Crippen molar-refractivity contribution in [1.82, 2.24) is 14.3 Å². The van der Waals surface area contributed by atoms with E-state index in [1.165, 1.54) is 6.08 Å². The number of aromatic hydroxyl groups is 1. The molecule has 0 aliphatic carbocycles. The lowest BCUT2D eigenvalue weighted by atomic mass is 10.1. The highest BCUT2D eigenvalue weighted by Gasteiger charge is 2.27. The lowest BCUT2D eigenvalue weighted by Crippen LogP contribution is -2.29. The Morgan fingerprint density at radius 3 is 2.88 bits per heavy atom. The minimum absolute atomic E-state index is 0.0623. The maximum Gasteiger partial charge on any atom is 0.246 e. The van der Waals surface area contributed by atoms with Crippen molar-refractivity contribution in [1.29, 1.82) is 0 Å². The van der Waals surface area contributed by atoms with Crippen LogP contribution in [0.1, 0.15) is 6.42 Å². The van der Waals surface area contributed by atoms with Crippen molar-refractivity contribution >= 4 is 11.4 Å². The molecule has 3 heterocycles. The van der Waals surface area contributed by atoms with Gasteiger partial charge in [0.25, 0.3) is 0 Å². The first-order chi connectivity index (χ1) is 12.6. The van der Waals surface area contributed by atoms with E-state index in [1.54, 1.807) is 29.6 Å². The molecule has 1 aliphatic rings. The van der Waals surface area contributed by atoms with Crippen LogP contribution in [0.3, 0.4) is 0 Å². The van der Waals surface area contributed by atoms with Gasteiger partial charge >= 0.3 is 0 Å². The minimum Gasteiger partial charge on any atom is -0.508 e. The van der Waals surface area contributed by atoms with Gasteiger partial charge in [-0.05, 0) is 29.8 Å². The third-order valence-electron chi connectivity index (χ3n) is 4.61. The number of phenolic OH excluding ortho intramolecular Hbond substituents is 1. The Labute approximate surface area is 151 Å².